The van der Waals surface area contributed by atoms with Crippen LogP contribution in [-0.4, -0.2) is 12.0 Å². The monoisotopic (exact) mass is 239 g/mol. The summed E-state index contributed by atoms with van der Waals surface area (Å²) in [4.78, 5) is 5.68. The Labute approximate surface area is 106 Å². The summed E-state index contributed by atoms with van der Waals surface area (Å²) >= 11 is 1.85. The molecule has 2 aromatic rings. The first-order valence-electron chi connectivity index (χ1n) is 5.69. The zero-order valence-corrected chi connectivity index (χ0v) is 10.5. The minimum atomic E-state index is 0.977. The van der Waals surface area contributed by atoms with Crippen LogP contribution in [0.15, 0.2) is 52.4 Å². The van der Waals surface area contributed by atoms with Gasteiger partial charge in [-0.15, -0.1) is 11.8 Å². The molecule has 0 bridgehead atoms. The minimum absolute atomic E-state index is 0.977. The lowest BCUT2D eigenvalue weighted by Crippen LogP contribution is -1.89. The van der Waals surface area contributed by atoms with Crippen LogP contribution in [0.2, 0.25) is 0 Å². The molecule has 0 amide bonds. The lowest BCUT2D eigenvalue weighted by molar-refractivity contribution is 1.36. The van der Waals surface area contributed by atoms with Crippen LogP contribution in [0.25, 0.3) is 11.1 Å². The maximum atomic E-state index is 4.40. The molecule has 0 N–H and O–H groups in total. The lowest BCUT2D eigenvalue weighted by Gasteiger charge is -2.11. The van der Waals surface area contributed by atoms with Crippen molar-refractivity contribution < 1.29 is 0 Å². The van der Waals surface area contributed by atoms with Gasteiger partial charge in [0, 0.05) is 16.9 Å². The highest BCUT2D eigenvalue weighted by molar-refractivity contribution is 8.00. The maximum absolute atomic E-state index is 4.40. The van der Waals surface area contributed by atoms with Gasteiger partial charge in [0.2, 0.25) is 0 Å². The van der Waals surface area contributed by atoms with Gasteiger partial charge < -0.3 is 0 Å². The quantitative estimate of drug-likeness (QED) is 0.715. The normalized spacial score (nSPS) is 13.5. The fourth-order valence-electron chi connectivity index (χ4n) is 1.92. The van der Waals surface area contributed by atoms with Gasteiger partial charge in [-0.1, -0.05) is 35.9 Å². The van der Waals surface area contributed by atoms with Gasteiger partial charge in [-0.3, -0.25) is 4.99 Å². The molecular formula is C15H13NS. The number of aryl methyl sites for hydroxylation is 1. The number of nitrogens with zero attached hydrogens (tertiary/aromatic N) is 1. The minimum Gasteiger partial charge on any atom is -0.259 e. The molecule has 0 aromatic heterocycles. The van der Waals surface area contributed by atoms with Gasteiger partial charge in [-0.25, -0.2) is 0 Å². The Hall–Kier alpha value is -1.54. The summed E-state index contributed by atoms with van der Waals surface area (Å²) < 4.78 is 0. The standard InChI is InChI=1S/C15H13NS/c1-11-2-4-12(5-3-11)13-6-7-14-15(10-13)17-9-8-16-14/h2-8,10H,9H2,1H3. The van der Waals surface area contributed by atoms with Crippen LogP contribution in [0.4, 0.5) is 5.69 Å². The van der Waals surface area contributed by atoms with E-state index in [1.807, 2.05) is 18.0 Å². The molecule has 0 spiro atoms. The maximum Gasteiger partial charge on any atom is 0.0762 e. The van der Waals surface area contributed by atoms with Crippen molar-refractivity contribution in [1.82, 2.24) is 0 Å². The van der Waals surface area contributed by atoms with E-state index in [9.17, 15) is 0 Å². The number of rotatable bonds is 1. The Morgan fingerprint density at radius 2 is 1.76 bits per heavy atom. The molecule has 1 nitrogen and oxygen atoms in total. The second-order valence-electron chi connectivity index (χ2n) is 4.17. The first kappa shape index (κ1) is 10.6. The molecule has 0 saturated heterocycles. The number of hydrogen-bond donors (Lipinski definition) is 0. The Morgan fingerprint density at radius 3 is 2.59 bits per heavy atom. The van der Waals surface area contributed by atoms with E-state index in [2.05, 4.69) is 54.4 Å². The summed E-state index contributed by atoms with van der Waals surface area (Å²) in [6.07, 6.45) is 1.97. The summed E-state index contributed by atoms with van der Waals surface area (Å²) in [5, 5.41) is 0. The molecule has 2 heteroatoms. The Morgan fingerprint density at radius 1 is 1.00 bits per heavy atom. The van der Waals surface area contributed by atoms with E-state index in [1.54, 1.807) is 0 Å². The third kappa shape index (κ3) is 2.13. The zero-order chi connectivity index (χ0) is 11.7. The fourth-order valence-corrected chi connectivity index (χ4v) is 2.73. The van der Waals surface area contributed by atoms with Gasteiger partial charge in [0.05, 0.1) is 5.69 Å². The number of thioether (sulfide) groups is 1. The van der Waals surface area contributed by atoms with Crippen molar-refractivity contribution in [3.05, 3.63) is 48.0 Å². The second kappa shape index (κ2) is 4.38. The highest BCUT2D eigenvalue weighted by Gasteiger charge is 2.07. The van der Waals surface area contributed by atoms with Gasteiger partial charge in [-0.2, -0.15) is 0 Å². The van der Waals surface area contributed by atoms with Gasteiger partial charge in [0.1, 0.15) is 0 Å². The molecule has 0 radical (unpaired) electrons. The predicted octanol–water partition coefficient (Wildman–Crippen LogP) is 4.47. The van der Waals surface area contributed by atoms with Crippen molar-refractivity contribution in [1.29, 1.82) is 0 Å². The number of aliphatic imine (C=N–C) groups is 1. The Balaban J connectivity index is 2.04. The second-order valence-corrected chi connectivity index (χ2v) is 5.23. The molecule has 0 atom stereocenters. The SMILES string of the molecule is Cc1ccc(-c2ccc3c(c2)SCC=N3)cc1. The van der Waals surface area contributed by atoms with Crippen molar-refractivity contribution >= 4 is 23.7 Å². The molecular weight excluding hydrogens is 226 g/mol. The van der Waals surface area contributed by atoms with Crippen LogP contribution >= 0.6 is 11.8 Å². The van der Waals surface area contributed by atoms with E-state index in [0.29, 0.717) is 0 Å². The lowest BCUT2D eigenvalue weighted by atomic mass is 10.0. The Bertz CT molecular complexity index is 570. The molecule has 0 saturated carbocycles. The van der Waals surface area contributed by atoms with E-state index < -0.39 is 0 Å². The molecule has 84 valence electrons. The van der Waals surface area contributed by atoms with Gasteiger partial charge in [0.25, 0.3) is 0 Å². The molecule has 2 aromatic carbocycles. The van der Waals surface area contributed by atoms with Gasteiger partial charge in [0.15, 0.2) is 0 Å². The average molecular weight is 239 g/mol. The van der Waals surface area contributed by atoms with Gasteiger partial charge in [-0.05, 0) is 30.2 Å². The number of hydrogen-bond acceptors (Lipinski definition) is 2. The van der Waals surface area contributed by atoms with Crippen LogP contribution in [0.3, 0.4) is 0 Å². The predicted molar refractivity (Wildman–Crippen MR) is 75.5 cm³/mol. The molecule has 17 heavy (non-hydrogen) atoms. The molecule has 0 unspecified atom stereocenters. The van der Waals surface area contributed by atoms with Crippen molar-refractivity contribution in [3.63, 3.8) is 0 Å². The van der Waals surface area contributed by atoms with E-state index in [-0.39, 0.29) is 0 Å². The average Bonchev–Trinajstić information content (AvgIpc) is 2.39. The topological polar surface area (TPSA) is 12.4 Å². The van der Waals surface area contributed by atoms with Crippen LogP contribution < -0.4 is 0 Å². The van der Waals surface area contributed by atoms with E-state index >= 15 is 0 Å². The molecule has 1 aliphatic rings. The van der Waals surface area contributed by atoms with E-state index in [0.717, 1.165) is 11.4 Å². The van der Waals surface area contributed by atoms with Crippen molar-refractivity contribution in [2.45, 2.75) is 11.8 Å². The van der Waals surface area contributed by atoms with E-state index in [1.165, 1.54) is 21.6 Å². The van der Waals surface area contributed by atoms with E-state index in [4.69, 9.17) is 0 Å². The van der Waals surface area contributed by atoms with Crippen LogP contribution in [0.5, 0.6) is 0 Å². The molecule has 1 heterocycles. The highest BCUT2D eigenvalue weighted by Crippen LogP contribution is 2.35. The first-order chi connectivity index (χ1) is 8.33. The largest absolute Gasteiger partial charge is 0.259 e. The van der Waals surface area contributed by atoms with Crippen LogP contribution in [0, 0.1) is 6.92 Å². The summed E-state index contributed by atoms with van der Waals surface area (Å²) in [6.45, 7) is 2.11. The van der Waals surface area contributed by atoms with Gasteiger partial charge >= 0.3 is 0 Å². The molecule has 3 rings (SSSR count). The van der Waals surface area contributed by atoms with Crippen LogP contribution in [-0.2, 0) is 0 Å². The smallest absolute Gasteiger partial charge is 0.0762 e. The summed E-state index contributed by atoms with van der Waals surface area (Å²) in [6, 6.07) is 15.1. The van der Waals surface area contributed by atoms with Crippen molar-refractivity contribution in [2.24, 2.45) is 4.99 Å². The summed E-state index contributed by atoms with van der Waals surface area (Å²) in [7, 11) is 0. The summed E-state index contributed by atoms with van der Waals surface area (Å²) in [5.41, 5.74) is 4.93. The highest BCUT2D eigenvalue weighted by atomic mass is 32.2. The first-order valence-corrected chi connectivity index (χ1v) is 6.68. The number of fused-ring (bicyclic) bond motifs is 1. The van der Waals surface area contributed by atoms with Crippen molar-refractivity contribution in [3.8, 4) is 11.1 Å². The number of benzene rings is 2. The summed E-state index contributed by atoms with van der Waals surface area (Å²) in [5.74, 6) is 0.977. The molecule has 0 aliphatic carbocycles. The molecule has 1 aliphatic heterocycles. The van der Waals surface area contributed by atoms with Crippen molar-refractivity contribution in [2.75, 3.05) is 5.75 Å². The van der Waals surface area contributed by atoms with Crippen LogP contribution in [0.1, 0.15) is 5.56 Å². The zero-order valence-electron chi connectivity index (χ0n) is 9.68. The third-order valence-electron chi connectivity index (χ3n) is 2.89. The third-order valence-corrected chi connectivity index (χ3v) is 3.84. The fraction of sp³-hybridized carbons (Fsp3) is 0.133. The molecule has 0 fully saturated rings. The Kier molecular flexibility index (Phi) is 2.73.